The molecule has 0 saturated carbocycles. The van der Waals surface area contributed by atoms with E-state index in [1.807, 2.05) is 6.07 Å². The zero-order valence-electron chi connectivity index (χ0n) is 15.9. The van der Waals surface area contributed by atoms with Gasteiger partial charge >= 0.3 is 0 Å². The maximum Gasteiger partial charge on any atom is 0.300 e. The van der Waals surface area contributed by atoms with Crippen LogP contribution in [0.4, 0.5) is 0 Å². The summed E-state index contributed by atoms with van der Waals surface area (Å²) >= 11 is 0. The molecule has 0 atom stereocenters. The molecule has 0 unspecified atom stereocenters. The number of hydrogen-bond donors (Lipinski definition) is 2. The zero-order chi connectivity index (χ0) is 19.8. The monoisotopic (exact) mass is 376 g/mol. The fraction of sp³-hybridized carbons (Fsp3) is 0.500. The smallest absolute Gasteiger partial charge is 0.300 e. The van der Waals surface area contributed by atoms with E-state index in [0.29, 0.717) is 29.4 Å². The lowest BCUT2D eigenvalue weighted by Gasteiger charge is -2.29. The third-order valence-corrected chi connectivity index (χ3v) is 4.34. The number of likely N-dealkylation sites (tertiary alicyclic amines) is 1. The molecule has 148 valence electrons. The SMILES string of the molecule is CC(=O)O.Cc1cc(=O)c2ccc(OCCCN3CCC(N)CC3)cc2o1. The molecule has 0 radical (unpaired) electrons. The van der Waals surface area contributed by atoms with E-state index in [9.17, 15) is 4.79 Å². The van der Waals surface area contributed by atoms with Gasteiger partial charge in [0, 0.05) is 31.6 Å². The number of rotatable bonds is 5. The first-order valence-electron chi connectivity index (χ1n) is 9.20. The molecule has 0 spiro atoms. The molecule has 1 saturated heterocycles. The van der Waals surface area contributed by atoms with Gasteiger partial charge in [0.15, 0.2) is 5.43 Å². The van der Waals surface area contributed by atoms with Gasteiger partial charge in [0.05, 0.1) is 12.0 Å². The van der Waals surface area contributed by atoms with Crippen LogP contribution < -0.4 is 15.9 Å². The average Bonchev–Trinajstić information content (AvgIpc) is 2.59. The quantitative estimate of drug-likeness (QED) is 0.772. The molecule has 1 aromatic heterocycles. The molecule has 27 heavy (non-hydrogen) atoms. The van der Waals surface area contributed by atoms with E-state index in [2.05, 4.69) is 4.90 Å². The van der Waals surface area contributed by atoms with Crippen LogP contribution in [0.3, 0.4) is 0 Å². The fourth-order valence-corrected chi connectivity index (χ4v) is 3.00. The van der Waals surface area contributed by atoms with Crippen LogP contribution in [0, 0.1) is 6.92 Å². The number of carboxylic acids is 1. The van der Waals surface area contributed by atoms with Crippen molar-refractivity contribution in [2.75, 3.05) is 26.2 Å². The molecule has 3 rings (SSSR count). The van der Waals surface area contributed by atoms with Gasteiger partial charge in [-0.2, -0.15) is 0 Å². The second-order valence-corrected chi connectivity index (χ2v) is 6.78. The molecular formula is C20H28N2O5. The van der Waals surface area contributed by atoms with Crippen LogP contribution in [0.1, 0.15) is 31.9 Å². The zero-order valence-corrected chi connectivity index (χ0v) is 15.9. The van der Waals surface area contributed by atoms with Crippen molar-refractivity contribution in [1.82, 2.24) is 4.90 Å². The van der Waals surface area contributed by atoms with E-state index in [1.54, 1.807) is 19.1 Å². The summed E-state index contributed by atoms with van der Waals surface area (Å²) in [5, 5.41) is 8.01. The van der Waals surface area contributed by atoms with Gasteiger partial charge in [-0.05, 0) is 51.4 Å². The Bertz CT molecular complexity index is 806. The van der Waals surface area contributed by atoms with E-state index >= 15 is 0 Å². The summed E-state index contributed by atoms with van der Waals surface area (Å²) in [4.78, 5) is 23.3. The van der Waals surface area contributed by atoms with E-state index in [-0.39, 0.29) is 5.43 Å². The second-order valence-electron chi connectivity index (χ2n) is 6.78. The molecule has 7 heteroatoms. The minimum Gasteiger partial charge on any atom is -0.493 e. The topological polar surface area (TPSA) is 106 Å². The normalized spacial score (nSPS) is 15.2. The molecule has 3 N–H and O–H groups in total. The summed E-state index contributed by atoms with van der Waals surface area (Å²) < 4.78 is 11.4. The summed E-state index contributed by atoms with van der Waals surface area (Å²) in [5.41, 5.74) is 6.48. The number of nitrogens with zero attached hydrogens (tertiary/aromatic N) is 1. The van der Waals surface area contributed by atoms with Gasteiger partial charge in [-0.3, -0.25) is 9.59 Å². The van der Waals surface area contributed by atoms with Crippen molar-refractivity contribution in [3.63, 3.8) is 0 Å². The Morgan fingerprint density at radius 2 is 2.00 bits per heavy atom. The summed E-state index contributed by atoms with van der Waals surface area (Å²) in [6.45, 7) is 6.72. The lowest BCUT2D eigenvalue weighted by Crippen LogP contribution is -2.40. The van der Waals surface area contributed by atoms with Gasteiger partial charge in [-0.25, -0.2) is 0 Å². The van der Waals surface area contributed by atoms with E-state index in [0.717, 1.165) is 51.6 Å². The first-order valence-corrected chi connectivity index (χ1v) is 9.20. The number of carboxylic acid groups (broad SMARTS) is 1. The van der Waals surface area contributed by atoms with Crippen molar-refractivity contribution in [3.8, 4) is 5.75 Å². The number of ether oxygens (including phenoxy) is 1. The predicted octanol–water partition coefficient (Wildman–Crippen LogP) is 2.38. The third-order valence-electron chi connectivity index (χ3n) is 4.34. The second kappa shape index (κ2) is 10.1. The number of fused-ring (bicyclic) bond motifs is 1. The van der Waals surface area contributed by atoms with Gasteiger partial charge in [0.25, 0.3) is 5.97 Å². The predicted molar refractivity (Wildman–Crippen MR) is 104 cm³/mol. The lowest BCUT2D eigenvalue weighted by atomic mass is 10.1. The third kappa shape index (κ3) is 7.03. The molecule has 0 aliphatic carbocycles. The molecule has 0 amide bonds. The molecule has 1 fully saturated rings. The number of piperidine rings is 1. The van der Waals surface area contributed by atoms with E-state index in [4.69, 9.17) is 24.8 Å². The Kier molecular flexibility index (Phi) is 7.82. The van der Waals surface area contributed by atoms with Crippen molar-refractivity contribution in [2.24, 2.45) is 5.73 Å². The largest absolute Gasteiger partial charge is 0.493 e. The first-order chi connectivity index (χ1) is 12.8. The molecule has 1 aliphatic rings. The molecule has 7 nitrogen and oxygen atoms in total. The van der Waals surface area contributed by atoms with Crippen LogP contribution in [0.5, 0.6) is 5.75 Å². The lowest BCUT2D eigenvalue weighted by molar-refractivity contribution is -0.134. The van der Waals surface area contributed by atoms with Crippen molar-refractivity contribution in [3.05, 3.63) is 40.2 Å². The van der Waals surface area contributed by atoms with Crippen molar-refractivity contribution in [2.45, 2.75) is 39.2 Å². The highest BCUT2D eigenvalue weighted by Gasteiger charge is 2.15. The standard InChI is InChI=1S/C18H24N2O3.C2H4O2/c1-13-11-17(21)16-4-3-15(12-18(16)23-13)22-10-2-7-20-8-5-14(19)6-9-20;1-2(3)4/h3-4,11-12,14H,2,5-10,19H2,1H3;1H3,(H,3,4). The Hall–Kier alpha value is -2.38. The Balaban J connectivity index is 0.000000596. The highest BCUT2D eigenvalue weighted by Crippen LogP contribution is 2.19. The Morgan fingerprint density at radius 3 is 2.67 bits per heavy atom. The van der Waals surface area contributed by atoms with Crippen LogP contribution in [-0.2, 0) is 4.79 Å². The summed E-state index contributed by atoms with van der Waals surface area (Å²) in [6, 6.07) is 7.27. The van der Waals surface area contributed by atoms with E-state index in [1.165, 1.54) is 6.07 Å². The number of benzene rings is 1. The minimum absolute atomic E-state index is 0.0152. The van der Waals surface area contributed by atoms with Gasteiger partial charge in [0.1, 0.15) is 17.1 Å². The highest BCUT2D eigenvalue weighted by atomic mass is 16.5. The molecule has 1 aromatic carbocycles. The minimum atomic E-state index is -0.833. The number of nitrogens with two attached hydrogens (primary N) is 1. The van der Waals surface area contributed by atoms with Crippen molar-refractivity contribution in [1.29, 1.82) is 0 Å². The van der Waals surface area contributed by atoms with Crippen LogP contribution in [0.25, 0.3) is 11.0 Å². The van der Waals surface area contributed by atoms with Gasteiger partial charge in [0.2, 0.25) is 0 Å². The number of carbonyl (C=O) groups is 1. The molecule has 2 heterocycles. The maximum absolute atomic E-state index is 11.9. The van der Waals surface area contributed by atoms with Crippen molar-refractivity contribution < 1.29 is 19.1 Å². The van der Waals surface area contributed by atoms with E-state index < -0.39 is 5.97 Å². The Morgan fingerprint density at radius 1 is 1.33 bits per heavy atom. The van der Waals surface area contributed by atoms with Crippen LogP contribution in [-0.4, -0.2) is 48.3 Å². The number of aliphatic carboxylic acids is 1. The van der Waals surface area contributed by atoms with Crippen LogP contribution >= 0.6 is 0 Å². The van der Waals surface area contributed by atoms with Crippen LogP contribution in [0.2, 0.25) is 0 Å². The summed E-state index contributed by atoms with van der Waals surface area (Å²) in [6.07, 6.45) is 3.15. The highest BCUT2D eigenvalue weighted by molar-refractivity contribution is 5.77. The summed E-state index contributed by atoms with van der Waals surface area (Å²) in [7, 11) is 0. The van der Waals surface area contributed by atoms with Crippen LogP contribution in [0.15, 0.2) is 33.5 Å². The fourth-order valence-electron chi connectivity index (χ4n) is 3.00. The first kappa shape index (κ1) is 20.9. The van der Waals surface area contributed by atoms with Crippen molar-refractivity contribution >= 4 is 16.9 Å². The molecular weight excluding hydrogens is 348 g/mol. The van der Waals surface area contributed by atoms with Gasteiger partial charge in [-0.15, -0.1) is 0 Å². The van der Waals surface area contributed by atoms with Gasteiger partial charge < -0.3 is 24.9 Å². The Labute approximate surface area is 158 Å². The molecule has 2 aromatic rings. The maximum atomic E-state index is 11.9. The number of aryl methyl sites for hydroxylation is 1. The summed E-state index contributed by atoms with van der Waals surface area (Å²) in [5.74, 6) is 0.523. The van der Waals surface area contributed by atoms with Gasteiger partial charge in [-0.1, -0.05) is 0 Å². The number of hydrogen-bond acceptors (Lipinski definition) is 6. The molecule has 0 bridgehead atoms. The molecule has 1 aliphatic heterocycles. The average molecular weight is 376 g/mol.